The summed E-state index contributed by atoms with van der Waals surface area (Å²) in [7, 11) is -3.85. The maximum atomic E-state index is 13.9. The van der Waals surface area contributed by atoms with Crippen molar-refractivity contribution in [2.24, 2.45) is 0 Å². The summed E-state index contributed by atoms with van der Waals surface area (Å²) in [5.41, 5.74) is 0.492. The zero-order chi connectivity index (χ0) is 23.4. The maximum absolute atomic E-state index is 13.9. The molecule has 0 aromatic heterocycles. The van der Waals surface area contributed by atoms with Crippen LogP contribution >= 0.6 is 0 Å². The van der Waals surface area contributed by atoms with Gasteiger partial charge in [0.1, 0.15) is 5.60 Å². The molecule has 0 atom stereocenters. The smallest absolute Gasteiger partial charge is 0.329 e. The van der Waals surface area contributed by atoms with E-state index in [4.69, 9.17) is 4.74 Å². The molecule has 180 valence electrons. The molecule has 3 rings (SSSR count). The Labute approximate surface area is 193 Å². The Hall–Kier alpha value is -1.48. The maximum Gasteiger partial charge on any atom is 0.329 e. The predicted octanol–water partition coefficient (Wildman–Crippen LogP) is 2.72. The fraction of sp³-hybridized carbons (Fsp3) is 0.708. The first-order valence-corrected chi connectivity index (χ1v) is 13.2. The minimum absolute atomic E-state index is 0.286. The van der Waals surface area contributed by atoms with E-state index in [0.717, 1.165) is 19.5 Å². The Balaban J connectivity index is 1.74. The molecule has 0 radical (unpaired) electrons. The molecule has 1 aromatic carbocycles. The second kappa shape index (κ2) is 10.2. The van der Waals surface area contributed by atoms with Gasteiger partial charge in [0.15, 0.2) is 4.75 Å². The molecule has 0 bridgehead atoms. The lowest BCUT2D eigenvalue weighted by Gasteiger charge is -2.44. The second-order valence-corrected chi connectivity index (χ2v) is 12.3. The van der Waals surface area contributed by atoms with Crippen LogP contribution in [0.1, 0.15) is 52.5 Å². The number of benzene rings is 1. The number of carbonyl (C=O) groups is 1. The Morgan fingerprint density at radius 2 is 1.56 bits per heavy atom. The molecule has 8 heteroatoms. The average molecular weight is 466 g/mol. The molecule has 2 heterocycles. The molecule has 0 N–H and O–H groups in total. The normalized spacial score (nSPS) is 21.4. The van der Waals surface area contributed by atoms with Gasteiger partial charge in [-0.05, 0) is 52.1 Å². The van der Waals surface area contributed by atoms with E-state index in [0.29, 0.717) is 39.3 Å². The molecular formula is C24H39N3O4S. The highest BCUT2D eigenvalue weighted by atomic mass is 32.2. The van der Waals surface area contributed by atoms with Crippen molar-refractivity contribution >= 4 is 16.0 Å². The Bertz CT molecular complexity index is 851. The van der Waals surface area contributed by atoms with Crippen molar-refractivity contribution < 1.29 is 17.9 Å². The van der Waals surface area contributed by atoms with Gasteiger partial charge in [0.2, 0.25) is 10.0 Å². The van der Waals surface area contributed by atoms with Crippen LogP contribution < -0.4 is 0 Å². The first-order valence-electron chi connectivity index (χ1n) is 11.8. The number of nitrogens with zero attached hydrogens (tertiary/aromatic N) is 3. The SMILES string of the molecule is CCCN1CCC(C(=O)OC(C)(C)C)(S(=O)(=O)N2CCN(Cc3ccccc3)CC2)CC1. The van der Waals surface area contributed by atoms with E-state index >= 15 is 0 Å². The zero-order valence-electron chi connectivity index (χ0n) is 20.0. The summed E-state index contributed by atoms with van der Waals surface area (Å²) < 4.78 is 33.5. The minimum atomic E-state index is -3.85. The number of piperazine rings is 1. The highest BCUT2D eigenvalue weighted by Gasteiger charge is 2.56. The van der Waals surface area contributed by atoms with Gasteiger partial charge in [-0.25, -0.2) is 8.42 Å². The van der Waals surface area contributed by atoms with Crippen molar-refractivity contribution in [1.29, 1.82) is 0 Å². The van der Waals surface area contributed by atoms with Crippen LogP contribution in [0.25, 0.3) is 0 Å². The van der Waals surface area contributed by atoms with Crippen molar-refractivity contribution in [1.82, 2.24) is 14.1 Å². The molecule has 2 fully saturated rings. The lowest BCUT2D eigenvalue weighted by molar-refractivity contribution is -0.159. The van der Waals surface area contributed by atoms with Gasteiger partial charge in [0, 0.05) is 45.8 Å². The quantitative estimate of drug-likeness (QED) is 0.577. The summed E-state index contributed by atoms with van der Waals surface area (Å²) in [6.45, 7) is 12.5. The van der Waals surface area contributed by atoms with Crippen molar-refractivity contribution in [3.63, 3.8) is 0 Å². The number of esters is 1. The van der Waals surface area contributed by atoms with Crippen LogP contribution in [-0.2, 0) is 26.1 Å². The van der Waals surface area contributed by atoms with Gasteiger partial charge in [0.25, 0.3) is 0 Å². The Kier molecular flexibility index (Phi) is 8.02. The van der Waals surface area contributed by atoms with Gasteiger partial charge in [-0.1, -0.05) is 37.3 Å². The largest absolute Gasteiger partial charge is 0.459 e. The van der Waals surface area contributed by atoms with E-state index in [2.05, 4.69) is 28.9 Å². The van der Waals surface area contributed by atoms with E-state index < -0.39 is 26.3 Å². The summed E-state index contributed by atoms with van der Waals surface area (Å²) in [4.78, 5) is 17.9. The van der Waals surface area contributed by atoms with Crippen LogP contribution in [0.5, 0.6) is 0 Å². The number of piperidine rings is 1. The molecule has 2 aliphatic heterocycles. The summed E-state index contributed by atoms with van der Waals surface area (Å²) in [5.74, 6) is -0.590. The number of ether oxygens (including phenoxy) is 1. The summed E-state index contributed by atoms with van der Waals surface area (Å²) in [6.07, 6.45) is 1.58. The standard InChI is InChI=1S/C24H39N3O4S/c1-5-13-25-14-11-24(12-15-25,22(28)31-23(2,3)4)32(29,30)27-18-16-26(17-19-27)20-21-9-7-6-8-10-21/h6-10H,5,11-20H2,1-4H3. The molecule has 2 aliphatic rings. The van der Waals surface area contributed by atoms with Gasteiger partial charge in [-0.15, -0.1) is 0 Å². The van der Waals surface area contributed by atoms with Crippen LogP contribution in [0.15, 0.2) is 30.3 Å². The molecule has 0 saturated carbocycles. The van der Waals surface area contributed by atoms with E-state index in [1.807, 2.05) is 18.2 Å². The van der Waals surface area contributed by atoms with Gasteiger partial charge in [-0.2, -0.15) is 4.31 Å². The number of sulfonamides is 1. The lowest BCUT2D eigenvalue weighted by atomic mass is 9.95. The van der Waals surface area contributed by atoms with Gasteiger partial charge < -0.3 is 9.64 Å². The van der Waals surface area contributed by atoms with Crippen molar-refractivity contribution in [2.75, 3.05) is 45.8 Å². The molecule has 32 heavy (non-hydrogen) atoms. The third-order valence-electron chi connectivity index (χ3n) is 6.39. The first kappa shape index (κ1) is 25.1. The zero-order valence-corrected chi connectivity index (χ0v) is 20.9. The molecule has 0 spiro atoms. The van der Waals surface area contributed by atoms with Gasteiger partial charge in [-0.3, -0.25) is 9.69 Å². The fourth-order valence-electron chi connectivity index (χ4n) is 4.61. The monoisotopic (exact) mass is 465 g/mol. The van der Waals surface area contributed by atoms with Crippen LogP contribution in [0.2, 0.25) is 0 Å². The third-order valence-corrected chi connectivity index (χ3v) is 9.00. The van der Waals surface area contributed by atoms with Crippen molar-refractivity contribution in [2.45, 2.75) is 63.9 Å². The first-order chi connectivity index (χ1) is 15.1. The Morgan fingerprint density at radius 3 is 2.09 bits per heavy atom. The molecule has 0 unspecified atom stereocenters. The van der Waals surface area contributed by atoms with Crippen LogP contribution in [0.4, 0.5) is 0 Å². The van der Waals surface area contributed by atoms with E-state index in [1.54, 1.807) is 20.8 Å². The summed E-state index contributed by atoms with van der Waals surface area (Å²) in [5, 5.41) is 0. The number of rotatable bonds is 7. The summed E-state index contributed by atoms with van der Waals surface area (Å²) >= 11 is 0. The van der Waals surface area contributed by atoms with Gasteiger partial charge >= 0.3 is 5.97 Å². The topological polar surface area (TPSA) is 70.2 Å². The second-order valence-electron chi connectivity index (χ2n) is 10.0. The lowest BCUT2D eigenvalue weighted by Crippen LogP contribution is -2.62. The van der Waals surface area contributed by atoms with Gasteiger partial charge in [0.05, 0.1) is 0 Å². The highest BCUT2D eigenvalue weighted by Crippen LogP contribution is 2.36. The van der Waals surface area contributed by atoms with Crippen molar-refractivity contribution in [3.05, 3.63) is 35.9 Å². The molecule has 0 aliphatic carbocycles. The highest BCUT2D eigenvalue weighted by molar-refractivity contribution is 7.91. The number of hydrogen-bond donors (Lipinski definition) is 0. The van der Waals surface area contributed by atoms with Crippen molar-refractivity contribution in [3.8, 4) is 0 Å². The third kappa shape index (κ3) is 5.71. The van der Waals surface area contributed by atoms with E-state index in [1.165, 1.54) is 9.87 Å². The number of likely N-dealkylation sites (tertiary alicyclic amines) is 1. The molecular weight excluding hydrogens is 426 g/mol. The Morgan fingerprint density at radius 1 is 0.969 bits per heavy atom. The summed E-state index contributed by atoms with van der Waals surface area (Å²) in [6, 6.07) is 10.2. The fourth-order valence-corrected chi connectivity index (χ4v) is 6.70. The van der Waals surface area contributed by atoms with Crippen LogP contribution in [-0.4, -0.2) is 84.7 Å². The van der Waals surface area contributed by atoms with Crippen LogP contribution in [0, 0.1) is 0 Å². The predicted molar refractivity (Wildman–Crippen MR) is 127 cm³/mol. The van der Waals surface area contributed by atoms with E-state index in [9.17, 15) is 13.2 Å². The average Bonchev–Trinajstić information content (AvgIpc) is 2.74. The molecule has 2 saturated heterocycles. The minimum Gasteiger partial charge on any atom is -0.459 e. The van der Waals surface area contributed by atoms with Crippen LogP contribution in [0.3, 0.4) is 0 Å². The molecule has 7 nitrogen and oxygen atoms in total. The number of hydrogen-bond acceptors (Lipinski definition) is 6. The molecule has 1 aromatic rings. The number of carbonyl (C=O) groups excluding carboxylic acids is 1. The van der Waals surface area contributed by atoms with E-state index in [-0.39, 0.29) is 12.8 Å². The molecule has 0 amide bonds.